The lowest BCUT2D eigenvalue weighted by Crippen LogP contribution is -2.39. The number of methoxy groups -OCH3 is 1. The average molecular weight is 293 g/mol. The van der Waals surface area contributed by atoms with Crippen LogP contribution in [-0.2, 0) is 0 Å². The van der Waals surface area contributed by atoms with Gasteiger partial charge in [-0.25, -0.2) is 4.79 Å². The second-order valence-corrected chi connectivity index (χ2v) is 5.40. The zero-order valence-electron chi connectivity index (χ0n) is 12.7. The molecule has 0 bridgehead atoms. The van der Waals surface area contributed by atoms with Crippen LogP contribution in [0.25, 0.3) is 0 Å². The Morgan fingerprint density at radius 3 is 2.86 bits per heavy atom. The molecule has 116 valence electrons. The van der Waals surface area contributed by atoms with Crippen LogP contribution in [0.3, 0.4) is 0 Å². The van der Waals surface area contributed by atoms with Crippen molar-refractivity contribution in [2.24, 2.45) is 0 Å². The third-order valence-electron chi connectivity index (χ3n) is 3.99. The summed E-state index contributed by atoms with van der Waals surface area (Å²) in [4.78, 5) is 13.4. The van der Waals surface area contributed by atoms with Crippen LogP contribution < -0.4 is 9.47 Å². The van der Waals surface area contributed by atoms with Crippen LogP contribution in [0.4, 0.5) is 0 Å². The lowest BCUT2D eigenvalue weighted by molar-refractivity contribution is 0.0696. The molecular weight excluding hydrogens is 270 g/mol. The molecule has 0 aliphatic carbocycles. The number of piperidine rings is 1. The molecule has 0 saturated carbocycles. The van der Waals surface area contributed by atoms with Gasteiger partial charge in [0.1, 0.15) is 6.61 Å². The maximum Gasteiger partial charge on any atom is 0.335 e. The van der Waals surface area contributed by atoms with Gasteiger partial charge >= 0.3 is 5.97 Å². The van der Waals surface area contributed by atoms with Gasteiger partial charge in [0.25, 0.3) is 0 Å². The molecule has 5 heteroatoms. The second-order valence-electron chi connectivity index (χ2n) is 5.40. The molecule has 1 aliphatic rings. The summed E-state index contributed by atoms with van der Waals surface area (Å²) in [6, 6.07) is 5.28. The summed E-state index contributed by atoms with van der Waals surface area (Å²) in [5, 5.41) is 8.97. The predicted molar refractivity (Wildman–Crippen MR) is 80.3 cm³/mol. The molecule has 1 aliphatic heterocycles. The summed E-state index contributed by atoms with van der Waals surface area (Å²) >= 11 is 0. The van der Waals surface area contributed by atoms with E-state index in [1.165, 1.54) is 38.5 Å². The molecule has 1 saturated heterocycles. The maximum atomic E-state index is 10.9. The number of hydrogen-bond acceptors (Lipinski definition) is 4. The fourth-order valence-corrected chi connectivity index (χ4v) is 2.68. The molecule has 1 unspecified atom stereocenters. The molecule has 5 nitrogen and oxygen atoms in total. The Labute approximate surface area is 125 Å². The van der Waals surface area contributed by atoms with Gasteiger partial charge in [0, 0.05) is 12.6 Å². The third-order valence-corrected chi connectivity index (χ3v) is 3.99. The van der Waals surface area contributed by atoms with Crippen molar-refractivity contribution >= 4 is 5.97 Å². The number of carbonyl (C=O) groups is 1. The Morgan fingerprint density at radius 1 is 1.38 bits per heavy atom. The summed E-state index contributed by atoms with van der Waals surface area (Å²) in [6.07, 6.45) is 3.81. The molecule has 21 heavy (non-hydrogen) atoms. The minimum atomic E-state index is -0.970. The third kappa shape index (κ3) is 4.11. The fourth-order valence-electron chi connectivity index (χ4n) is 2.68. The number of carboxylic acid groups (broad SMARTS) is 1. The number of aromatic carboxylic acids is 1. The van der Waals surface area contributed by atoms with Crippen LogP contribution in [0.2, 0.25) is 0 Å². The predicted octanol–water partition coefficient (Wildman–Crippen LogP) is 2.65. The molecule has 1 aromatic rings. The number of ether oxygens (including phenoxy) is 2. The van der Waals surface area contributed by atoms with E-state index in [1.54, 1.807) is 6.07 Å². The van der Waals surface area contributed by atoms with Crippen molar-refractivity contribution in [1.82, 2.24) is 4.90 Å². The first-order valence-corrected chi connectivity index (χ1v) is 7.40. The van der Waals surface area contributed by atoms with Gasteiger partial charge in [-0.2, -0.15) is 0 Å². The Hall–Kier alpha value is -1.75. The minimum absolute atomic E-state index is 0.198. The SMILES string of the molecule is COc1cc(C(=O)O)ccc1OCCN1CCCCC1C. The van der Waals surface area contributed by atoms with Crippen molar-refractivity contribution in [1.29, 1.82) is 0 Å². The zero-order chi connectivity index (χ0) is 15.2. The second kappa shape index (κ2) is 7.31. The maximum absolute atomic E-state index is 10.9. The first kappa shape index (κ1) is 15.6. The largest absolute Gasteiger partial charge is 0.493 e. The Kier molecular flexibility index (Phi) is 5.44. The van der Waals surface area contributed by atoms with Gasteiger partial charge in [-0.1, -0.05) is 6.42 Å². The van der Waals surface area contributed by atoms with Crippen molar-refractivity contribution in [3.63, 3.8) is 0 Å². The van der Waals surface area contributed by atoms with Crippen LogP contribution >= 0.6 is 0 Å². The Bertz CT molecular complexity index is 489. The normalized spacial score (nSPS) is 19.2. The van der Waals surface area contributed by atoms with E-state index in [9.17, 15) is 4.79 Å². The average Bonchev–Trinajstić information content (AvgIpc) is 2.49. The Balaban J connectivity index is 1.91. The van der Waals surface area contributed by atoms with Crippen molar-refractivity contribution < 1.29 is 19.4 Å². The van der Waals surface area contributed by atoms with Crippen LogP contribution in [0.5, 0.6) is 11.5 Å². The van der Waals surface area contributed by atoms with E-state index in [-0.39, 0.29) is 5.56 Å². The molecule has 2 rings (SSSR count). The quantitative estimate of drug-likeness (QED) is 0.873. The molecule has 1 fully saturated rings. The minimum Gasteiger partial charge on any atom is -0.493 e. The molecule has 0 radical (unpaired) electrons. The van der Waals surface area contributed by atoms with Gasteiger partial charge in [0.15, 0.2) is 11.5 Å². The highest BCUT2D eigenvalue weighted by molar-refractivity contribution is 5.88. The van der Waals surface area contributed by atoms with E-state index < -0.39 is 5.97 Å². The van der Waals surface area contributed by atoms with Gasteiger partial charge in [-0.3, -0.25) is 4.90 Å². The lowest BCUT2D eigenvalue weighted by atomic mass is 10.0. The number of benzene rings is 1. The summed E-state index contributed by atoms with van der Waals surface area (Å²) in [7, 11) is 1.51. The Morgan fingerprint density at radius 2 is 2.19 bits per heavy atom. The van der Waals surface area contributed by atoms with Crippen LogP contribution in [0, 0.1) is 0 Å². The monoisotopic (exact) mass is 293 g/mol. The van der Waals surface area contributed by atoms with Crippen LogP contribution in [0.1, 0.15) is 36.5 Å². The molecule has 0 amide bonds. The standard InChI is InChI=1S/C16H23NO4/c1-12-5-3-4-8-17(12)9-10-21-14-7-6-13(16(18)19)11-15(14)20-2/h6-7,11-12H,3-5,8-10H2,1-2H3,(H,18,19). The lowest BCUT2D eigenvalue weighted by Gasteiger charge is -2.33. The van der Waals surface area contributed by atoms with Gasteiger partial charge < -0.3 is 14.6 Å². The van der Waals surface area contributed by atoms with Crippen LogP contribution in [-0.4, -0.2) is 48.8 Å². The van der Waals surface area contributed by atoms with E-state index in [0.717, 1.165) is 13.1 Å². The highest BCUT2D eigenvalue weighted by Crippen LogP contribution is 2.28. The van der Waals surface area contributed by atoms with Gasteiger partial charge in [0.2, 0.25) is 0 Å². The number of nitrogens with zero attached hydrogens (tertiary/aromatic N) is 1. The van der Waals surface area contributed by atoms with E-state index in [4.69, 9.17) is 14.6 Å². The topological polar surface area (TPSA) is 59.0 Å². The highest BCUT2D eigenvalue weighted by atomic mass is 16.5. The van der Waals surface area contributed by atoms with Crippen molar-refractivity contribution in [2.75, 3.05) is 26.8 Å². The first-order chi connectivity index (χ1) is 10.1. The zero-order valence-corrected chi connectivity index (χ0v) is 12.7. The molecule has 1 heterocycles. The molecule has 0 spiro atoms. The van der Waals surface area contributed by atoms with Gasteiger partial charge in [-0.05, 0) is 44.5 Å². The first-order valence-electron chi connectivity index (χ1n) is 7.40. The van der Waals surface area contributed by atoms with E-state index in [0.29, 0.717) is 24.1 Å². The van der Waals surface area contributed by atoms with E-state index in [2.05, 4.69) is 11.8 Å². The smallest absolute Gasteiger partial charge is 0.335 e. The highest BCUT2D eigenvalue weighted by Gasteiger charge is 2.18. The molecular formula is C16H23NO4. The molecule has 1 N–H and O–H groups in total. The van der Waals surface area contributed by atoms with Gasteiger partial charge in [0.05, 0.1) is 12.7 Å². The summed E-state index contributed by atoms with van der Waals surface area (Å²) in [6.45, 7) is 4.83. The summed E-state index contributed by atoms with van der Waals surface area (Å²) in [5.74, 6) is 0.0794. The number of rotatable bonds is 6. The van der Waals surface area contributed by atoms with Crippen LogP contribution in [0.15, 0.2) is 18.2 Å². The van der Waals surface area contributed by atoms with Gasteiger partial charge in [-0.15, -0.1) is 0 Å². The van der Waals surface area contributed by atoms with E-state index in [1.807, 2.05) is 0 Å². The van der Waals surface area contributed by atoms with Crippen molar-refractivity contribution in [3.8, 4) is 11.5 Å². The number of likely N-dealkylation sites (tertiary alicyclic amines) is 1. The number of hydrogen-bond donors (Lipinski definition) is 1. The summed E-state index contributed by atoms with van der Waals surface area (Å²) < 4.78 is 11.0. The van der Waals surface area contributed by atoms with Crippen molar-refractivity contribution in [3.05, 3.63) is 23.8 Å². The molecule has 1 aromatic carbocycles. The fraction of sp³-hybridized carbons (Fsp3) is 0.562. The number of carboxylic acids is 1. The molecule has 1 atom stereocenters. The summed E-state index contributed by atoms with van der Waals surface area (Å²) in [5.41, 5.74) is 0.198. The van der Waals surface area contributed by atoms with Crippen molar-refractivity contribution in [2.45, 2.75) is 32.2 Å². The van der Waals surface area contributed by atoms with E-state index >= 15 is 0 Å². The molecule has 0 aromatic heterocycles.